The van der Waals surface area contributed by atoms with Crippen molar-refractivity contribution in [3.63, 3.8) is 0 Å². The number of Topliss-reactive ketones (excluding diaryl/α,β-unsaturated/α-hetero) is 1. The van der Waals surface area contributed by atoms with Crippen molar-refractivity contribution in [1.29, 1.82) is 0 Å². The number of primary amides is 1. The lowest BCUT2D eigenvalue weighted by molar-refractivity contribution is -0.118. The number of nitrogens with zero attached hydrogens (tertiary/aromatic N) is 3. The lowest BCUT2D eigenvalue weighted by atomic mass is 9.93. The maximum Gasteiger partial charge on any atom is 0.217 e. The van der Waals surface area contributed by atoms with Crippen LogP contribution in [0, 0.1) is 27.7 Å². The van der Waals surface area contributed by atoms with Gasteiger partial charge in [-0.2, -0.15) is 0 Å². The fraction of sp³-hybridized carbons (Fsp3) is 0.500. The summed E-state index contributed by atoms with van der Waals surface area (Å²) in [5.74, 6) is 0.867. The number of carbonyl (C=O) groups is 2. The van der Waals surface area contributed by atoms with Gasteiger partial charge in [-0.1, -0.05) is 11.8 Å². The van der Waals surface area contributed by atoms with Gasteiger partial charge in [0.05, 0.1) is 5.75 Å². The zero-order valence-electron chi connectivity index (χ0n) is 16.3. The summed E-state index contributed by atoms with van der Waals surface area (Å²) in [6.07, 6.45) is 2.91. The molecule has 7 heteroatoms. The van der Waals surface area contributed by atoms with Crippen molar-refractivity contribution >= 4 is 23.5 Å². The van der Waals surface area contributed by atoms with Gasteiger partial charge in [-0.05, 0) is 68.9 Å². The summed E-state index contributed by atoms with van der Waals surface area (Å²) >= 11 is 1.42. The van der Waals surface area contributed by atoms with E-state index in [0.29, 0.717) is 18.2 Å². The fourth-order valence-electron chi connectivity index (χ4n) is 3.22. The van der Waals surface area contributed by atoms with Crippen LogP contribution in [0.4, 0.5) is 0 Å². The molecule has 0 radical (unpaired) electrons. The summed E-state index contributed by atoms with van der Waals surface area (Å²) in [4.78, 5) is 23.9. The summed E-state index contributed by atoms with van der Waals surface area (Å²) < 4.78 is 2.08. The van der Waals surface area contributed by atoms with Crippen LogP contribution < -0.4 is 5.73 Å². The second-order valence-corrected chi connectivity index (χ2v) is 8.24. The molecule has 144 valence electrons. The Morgan fingerprint density at radius 2 is 1.85 bits per heavy atom. The largest absolute Gasteiger partial charge is 0.370 e. The van der Waals surface area contributed by atoms with Crippen LogP contribution in [0.2, 0.25) is 0 Å². The van der Waals surface area contributed by atoms with Crippen molar-refractivity contribution in [3.05, 3.63) is 39.7 Å². The van der Waals surface area contributed by atoms with E-state index >= 15 is 0 Å². The predicted octanol–water partition coefficient (Wildman–Crippen LogP) is 3.24. The van der Waals surface area contributed by atoms with Crippen LogP contribution >= 0.6 is 11.8 Å². The summed E-state index contributed by atoms with van der Waals surface area (Å²) in [5, 5.41) is 9.25. The first-order valence-electron chi connectivity index (χ1n) is 9.25. The molecule has 2 aromatic rings. The van der Waals surface area contributed by atoms with Gasteiger partial charge in [-0.25, -0.2) is 0 Å². The summed E-state index contributed by atoms with van der Waals surface area (Å²) in [5.41, 5.74) is 10.7. The number of benzene rings is 1. The molecule has 27 heavy (non-hydrogen) atoms. The van der Waals surface area contributed by atoms with E-state index in [1.807, 2.05) is 19.9 Å². The first-order valence-corrected chi connectivity index (χ1v) is 10.2. The molecule has 1 saturated carbocycles. The van der Waals surface area contributed by atoms with E-state index in [1.54, 1.807) is 0 Å². The van der Waals surface area contributed by atoms with E-state index < -0.39 is 0 Å². The van der Waals surface area contributed by atoms with Gasteiger partial charge in [0.2, 0.25) is 5.91 Å². The van der Waals surface area contributed by atoms with E-state index in [9.17, 15) is 9.59 Å². The number of amides is 1. The molecule has 0 atom stereocenters. The van der Waals surface area contributed by atoms with Crippen LogP contribution in [0.15, 0.2) is 11.2 Å². The van der Waals surface area contributed by atoms with Crippen molar-refractivity contribution in [3.8, 4) is 0 Å². The quantitative estimate of drug-likeness (QED) is 0.555. The number of aryl methyl sites for hydroxylation is 2. The number of hydrogen-bond donors (Lipinski definition) is 1. The van der Waals surface area contributed by atoms with Gasteiger partial charge in [0, 0.05) is 24.4 Å². The van der Waals surface area contributed by atoms with Gasteiger partial charge < -0.3 is 10.3 Å². The molecular weight excluding hydrogens is 360 g/mol. The highest BCUT2D eigenvalue weighted by molar-refractivity contribution is 7.99. The summed E-state index contributed by atoms with van der Waals surface area (Å²) in [6.45, 7) is 8.21. The van der Waals surface area contributed by atoms with Gasteiger partial charge in [0.15, 0.2) is 10.9 Å². The van der Waals surface area contributed by atoms with Gasteiger partial charge in [-0.15, -0.1) is 10.2 Å². The topological polar surface area (TPSA) is 90.9 Å². The Morgan fingerprint density at radius 1 is 1.15 bits per heavy atom. The summed E-state index contributed by atoms with van der Waals surface area (Å²) in [6, 6.07) is 2.37. The van der Waals surface area contributed by atoms with E-state index in [4.69, 9.17) is 5.73 Å². The average Bonchev–Trinajstić information content (AvgIpc) is 3.39. The van der Waals surface area contributed by atoms with Crippen molar-refractivity contribution in [2.75, 3.05) is 5.75 Å². The molecule has 1 aliphatic rings. The second-order valence-electron chi connectivity index (χ2n) is 7.29. The highest BCUT2D eigenvalue weighted by Gasteiger charge is 2.30. The molecule has 1 amide bonds. The number of ketones is 1. The molecule has 1 fully saturated rings. The SMILES string of the molecule is Cc1cc(C(=O)CSc2nnc(CCC(N)=O)n2C2CC2)c(C)c(C)c1C. The maximum absolute atomic E-state index is 12.8. The molecule has 0 saturated heterocycles. The number of rotatable bonds is 8. The highest BCUT2D eigenvalue weighted by Crippen LogP contribution is 2.39. The lowest BCUT2D eigenvalue weighted by Crippen LogP contribution is -2.13. The number of carbonyl (C=O) groups excluding carboxylic acids is 2. The first-order chi connectivity index (χ1) is 12.8. The van der Waals surface area contributed by atoms with Crippen LogP contribution in [0.3, 0.4) is 0 Å². The normalized spacial score (nSPS) is 13.8. The molecule has 1 aromatic heterocycles. The molecule has 1 aromatic carbocycles. The number of aromatic nitrogens is 3. The third-order valence-electron chi connectivity index (χ3n) is 5.36. The molecule has 0 bridgehead atoms. The van der Waals surface area contributed by atoms with Gasteiger partial charge in [0.25, 0.3) is 0 Å². The van der Waals surface area contributed by atoms with E-state index in [2.05, 4.69) is 28.6 Å². The van der Waals surface area contributed by atoms with Gasteiger partial charge in [0.1, 0.15) is 5.82 Å². The Bertz CT molecular complexity index is 900. The molecule has 6 nitrogen and oxygen atoms in total. The number of thioether (sulfide) groups is 1. The van der Waals surface area contributed by atoms with Crippen LogP contribution in [-0.2, 0) is 11.2 Å². The minimum atomic E-state index is -0.342. The minimum Gasteiger partial charge on any atom is -0.370 e. The summed E-state index contributed by atoms with van der Waals surface area (Å²) in [7, 11) is 0. The standard InChI is InChI=1S/C20H26N4O2S/c1-11-9-16(14(4)13(3)12(11)2)17(25)10-27-20-23-22-19(8-7-18(21)26)24(20)15-5-6-15/h9,15H,5-8,10H2,1-4H3,(H2,21,26). The lowest BCUT2D eigenvalue weighted by Gasteiger charge is -2.13. The first kappa shape index (κ1) is 19.6. The second kappa shape index (κ2) is 7.84. The van der Waals surface area contributed by atoms with Crippen LogP contribution in [0.5, 0.6) is 0 Å². The molecular formula is C20H26N4O2S. The minimum absolute atomic E-state index is 0.104. The number of nitrogens with two attached hydrogens (primary N) is 1. The number of hydrogen-bond acceptors (Lipinski definition) is 5. The monoisotopic (exact) mass is 386 g/mol. The average molecular weight is 387 g/mol. The Hall–Kier alpha value is -2.15. The van der Waals surface area contributed by atoms with E-state index in [-0.39, 0.29) is 18.1 Å². The van der Waals surface area contributed by atoms with Crippen molar-refractivity contribution in [2.24, 2.45) is 5.73 Å². The third kappa shape index (κ3) is 4.24. The Labute approximate surface area is 163 Å². The molecule has 1 heterocycles. The smallest absolute Gasteiger partial charge is 0.217 e. The Morgan fingerprint density at radius 3 is 2.48 bits per heavy atom. The molecule has 1 aliphatic carbocycles. The fourth-order valence-corrected chi connectivity index (χ4v) is 4.13. The van der Waals surface area contributed by atoms with E-state index in [0.717, 1.165) is 40.5 Å². The zero-order valence-corrected chi connectivity index (χ0v) is 17.2. The predicted molar refractivity (Wildman–Crippen MR) is 106 cm³/mol. The maximum atomic E-state index is 12.8. The zero-order chi connectivity index (χ0) is 19.7. The van der Waals surface area contributed by atoms with Gasteiger partial charge in [-0.3, -0.25) is 9.59 Å². The molecule has 2 N–H and O–H groups in total. The van der Waals surface area contributed by atoms with Gasteiger partial charge >= 0.3 is 0 Å². The van der Waals surface area contributed by atoms with E-state index in [1.165, 1.54) is 22.9 Å². The van der Waals surface area contributed by atoms with Crippen LogP contribution in [0.25, 0.3) is 0 Å². The molecule has 0 spiro atoms. The third-order valence-corrected chi connectivity index (χ3v) is 6.30. The van der Waals surface area contributed by atoms with Crippen molar-refractivity contribution in [2.45, 2.75) is 64.6 Å². The van der Waals surface area contributed by atoms with Crippen molar-refractivity contribution in [1.82, 2.24) is 14.8 Å². The molecule has 0 unspecified atom stereocenters. The Balaban J connectivity index is 1.75. The van der Waals surface area contributed by atoms with Crippen LogP contribution in [0.1, 0.15) is 63.7 Å². The van der Waals surface area contributed by atoms with Crippen LogP contribution in [-0.4, -0.2) is 32.2 Å². The molecule has 3 rings (SSSR count). The molecule has 0 aliphatic heterocycles. The Kier molecular flexibility index (Phi) is 5.69. The highest BCUT2D eigenvalue weighted by atomic mass is 32.2. The van der Waals surface area contributed by atoms with Crippen molar-refractivity contribution < 1.29 is 9.59 Å².